The highest BCUT2D eigenvalue weighted by molar-refractivity contribution is 7.99. The van der Waals surface area contributed by atoms with Crippen LogP contribution in [0, 0.1) is 5.92 Å². The molecule has 0 unspecified atom stereocenters. The molecule has 4 rings (SSSR count). The van der Waals surface area contributed by atoms with Crippen LogP contribution in [0.1, 0.15) is 25.7 Å². The number of nitrogens with zero attached hydrogens (tertiary/aromatic N) is 2. The molecule has 4 nitrogen and oxygen atoms in total. The zero-order chi connectivity index (χ0) is 20.1. The van der Waals surface area contributed by atoms with Crippen molar-refractivity contribution in [2.45, 2.75) is 30.8 Å². The fourth-order valence-electron chi connectivity index (χ4n) is 3.98. The van der Waals surface area contributed by atoms with Gasteiger partial charge in [0.05, 0.1) is 11.4 Å². The standard InChI is InChI=1S/C24H27N3OS/c1-27-22(19-12-6-3-7-13-19)21(18-10-4-2-5-11-18)26-24(27)29-17-16-25-23(28)20-14-8-9-15-20/h2-7,10-13,20H,8-9,14-17H2,1H3,(H,25,28). The molecule has 0 aliphatic heterocycles. The van der Waals surface area contributed by atoms with Gasteiger partial charge in [-0.2, -0.15) is 0 Å². The molecule has 1 fully saturated rings. The van der Waals surface area contributed by atoms with Crippen molar-refractivity contribution in [1.29, 1.82) is 0 Å². The Morgan fingerprint density at radius 3 is 2.31 bits per heavy atom. The Labute approximate surface area is 176 Å². The Kier molecular flexibility index (Phi) is 6.35. The lowest BCUT2D eigenvalue weighted by molar-refractivity contribution is -0.124. The summed E-state index contributed by atoms with van der Waals surface area (Å²) in [6, 6.07) is 20.7. The normalized spacial score (nSPS) is 14.2. The fourth-order valence-corrected chi connectivity index (χ4v) is 4.81. The summed E-state index contributed by atoms with van der Waals surface area (Å²) in [5, 5.41) is 4.07. The van der Waals surface area contributed by atoms with E-state index in [0.29, 0.717) is 6.54 Å². The molecule has 1 aliphatic rings. The van der Waals surface area contributed by atoms with Crippen molar-refractivity contribution in [2.75, 3.05) is 12.3 Å². The van der Waals surface area contributed by atoms with Crippen molar-refractivity contribution in [1.82, 2.24) is 14.9 Å². The minimum atomic E-state index is 0.220. The molecule has 0 bridgehead atoms. The molecule has 29 heavy (non-hydrogen) atoms. The van der Waals surface area contributed by atoms with E-state index in [9.17, 15) is 4.79 Å². The smallest absolute Gasteiger partial charge is 0.223 e. The SMILES string of the molecule is Cn1c(SCCNC(=O)C2CCCC2)nc(-c2ccccc2)c1-c1ccccc1. The van der Waals surface area contributed by atoms with Crippen LogP contribution in [-0.4, -0.2) is 27.8 Å². The second-order valence-corrected chi connectivity index (χ2v) is 8.57. The highest BCUT2D eigenvalue weighted by Crippen LogP contribution is 2.34. The average Bonchev–Trinajstić information content (AvgIpc) is 3.41. The number of aromatic nitrogens is 2. The van der Waals surface area contributed by atoms with Crippen LogP contribution in [0.4, 0.5) is 0 Å². The van der Waals surface area contributed by atoms with Crippen LogP contribution in [0.15, 0.2) is 65.8 Å². The quantitative estimate of drug-likeness (QED) is 0.437. The Balaban J connectivity index is 1.50. The maximum Gasteiger partial charge on any atom is 0.223 e. The number of hydrogen-bond acceptors (Lipinski definition) is 3. The summed E-state index contributed by atoms with van der Waals surface area (Å²) in [6.07, 6.45) is 4.45. The number of thioether (sulfide) groups is 1. The molecule has 3 aromatic rings. The third-order valence-corrected chi connectivity index (χ3v) is 6.54. The second kappa shape index (κ2) is 9.31. The maximum atomic E-state index is 12.2. The van der Waals surface area contributed by atoms with Crippen LogP contribution in [0.2, 0.25) is 0 Å². The number of carbonyl (C=O) groups excluding carboxylic acids is 1. The van der Waals surface area contributed by atoms with E-state index in [1.54, 1.807) is 11.8 Å². The Bertz CT molecular complexity index is 947. The van der Waals surface area contributed by atoms with E-state index in [0.717, 1.165) is 46.3 Å². The summed E-state index contributed by atoms with van der Waals surface area (Å²) in [6.45, 7) is 0.675. The van der Waals surface area contributed by atoms with Crippen molar-refractivity contribution in [3.63, 3.8) is 0 Å². The van der Waals surface area contributed by atoms with Gasteiger partial charge in [0, 0.05) is 36.4 Å². The molecule has 5 heteroatoms. The molecule has 1 amide bonds. The molecule has 0 saturated heterocycles. The topological polar surface area (TPSA) is 46.9 Å². The summed E-state index contributed by atoms with van der Waals surface area (Å²) in [5.74, 6) is 1.26. The van der Waals surface area contributed by atoms with Gasteiger partial charge in [0.15, 0.2) is 5.16 Å². The van der Waals surface area contributed by atoms with Gasteiger partial charge in [-0.1, -0.05) is 85.3 Å². The Hall–Kier alpha value is -2.53. The predicted octanol–water partition coefficient (Wildman–Crippen LogP) is 5.15. The number of rotatable bonds is 7. The summed E-state index contributed by atoms with van der Waals surface area (Å²) in [5.41, 5.74) is 4.39. The number of nitrogens with one attached hydrogen (secondary N) is 1. The molecule has 1 aromatic heterocycles. The first-order chi connectivity index (χ1) is 14.2. The van der Waals surface area contributed by atoms with E-state index in [4.69, 9.17) is 4.98 Å². The first kappa shape index (κ1) is 19.8. The molecule has 1 heterocycles. The fraction of sp³-hybridized carbons (Fsp3) is 0.333. The lowest BCUT2D eigenvalue weighted by Gasteiger charge is -2.10. The summed E-state index contributed by atoms with van der Waals surface area (Å²) in [4.78, 5) is 17.2. The van der Waals surface area contributed by atoms with Crippen molar-refractivity contribution in [3.8, 4) is 22.5 Å². The number of imidazole rings is 1. The maximum absolute atomic E-state index is 12.2. The number of carbonyl (C=O) groups is 1. The molecular weight excluding hydrogens is 378 g/mol. The first-order valence-electron chi connectivity index (χ1n) is 10.3. The van der Waals surface area contributed by atoms with Gasteiger partial charge >= 0.3 is 0 Å². The molecular formula is C24H27N3OS. The van der Waals surface area contributed by atoms with Crippen molar-refractivity contribution in [3.05, 3.63) is 60.7 Å². The van der Waals surface area contributed by atoms with Crippen molar-refractivity contribution < 1.29 is 4.79 Å². The molecule has 1 saturated carbocycles. The molecule has 150 valence electrons. The van der Waals surface area contributed by atoms with Gasteiger partial charge in [-0.05, 0) is 12.8 Å². The van der Waals surface area contributed by atoms with Crippen LogP contribution < -0.4 is 5.32 Å². The minimum absolute atomic E-state index is 0.220. The van der Waals surface area contributed by atoms with Gasteiger partial charge in [0.25, 0.3) is 0 Å². The molecule has 0 spiro atoms. The first-order valence-corrected chi connectivity index (χ1v) is 11.3. The van der Waals surface area contributed by atoms with Crippen LogP contribution in [-0.2, 0) is 11.8 Å². The lowest BCUT2D eigenvalue weighted by Crippen LogP contribution is -2.31. The van der Waals surface area contributed by atoms with E-state index < -0.39 is 0 Å². The molecule has 0 atom stereocenters. The van der Waals surface area contributed by atoms with Gasteiger partial charge in [0.1, 0.15) is 0 Å². The zero-order valence-electron chi connectivity index (χ0n) is 16.8. The van der Waals surface area contributed by atoms with Gasteiger partial charge < -0.3 is 9.88 Å². The van der Waals surface area contributed by atoms with E-state index in [2.05, 4.69) is 53.3 Å². The minimum Gasteiger partial charge on any atom is -0.355 e. The zero-order valence-corrected chi connectivity index (χ0v) is 17.6. The summed E-state index contributed by atoms with van der Waals surface area (Å²) in [7, 11) is 2.07. The average molecular weight is 406 g/mol. The number of hydrogen-bond donors (Lipinski definition) is 1. The molecule has 1 N–H and O–H groups in total. The van der Waals surface area contributed by atoms with Gasteiger partial charge in [-0.15, -0.1) is 0 Å². The van der Waals surface area contributed by atoms with Gasteiger partial charge in [-0.3, -0.25) is 4.79 Å². The Morgan fingerprint density at radius 2 is 1.66 bits per heavy atom. The molecule has 1 aliphatic carbocycles. The molecule has 2 aromatic carbocycles. The van der Waals surface area contributed by atoms with Crippen LogP contribution in [0.5, 0.6) is 0 Å². The monoisotopic (exact) mass is 405 g/mol. The predicted molar refractivity (Wildman–Crippen MR) is 120 cm³/mol. The third-order valence-electron chi connectivity index (χ3n) is 5.51. The summed E-state index contributed by atoms with van der Waals surface area (Å²) < 4.78 is 2.17. The largest absolute Gasteiger partial charge is 0.355 e. The van der Waals surface area contributed by atoms with E-state index >= 15 is 0 Å². The Morgan fingerprint density at radius 1 is 1.03 bits per heavy atom. The van der Waals surface area contributed by atoms with Crippen LogP contribution in [0.25, 0.3) is 22.5 Å². The number of benzene rings is 2. The van der Waals surface area contributed by atoms with Crippen molar-refractivity contribution >= 4 is 17.7 Å². The molecule has 0 radical (unpaired) electrons. The highest BCUT2D eigenvalue weighted by Gasteiger charge is 2.22. The van der Waals surface area contributed by atoms with Crippen LogP contribution in [0.3, 0.4) is 0 Å². The van der Waals surface area contributed by atoms with E-state index in [1.807, 2.05) is 24.3 Å². The highest BCUT2D eigenvalue weighted by atomic mass is 32.2. The lowest BCUT2D eigenvalue weighted by atomic mass is 10.1. The third kappa shape index (κ3) is 4.56. The van der Waals surface area contributed by atoms with E-state index in [-0.39, 0.29) is 11.8 Å². The van der Waals surface area contributed by atoms with Gasteiger partial charge in [0.2, 0.25) is 5.91 Å². The second-order valence-electron chi connectivity index (χ2n) is 7.50. The number of amides is 1. The van der Waals surface area contributed by atoms with Gasteiger partial charge in [-0.25, -0.2) is 4.98 Å². The summed E-state index contributed by atoms with van der Waals surface area (Å²) >= 11 is 1.69. The van der Waals surface area contributed by atoms with Crippen LogP contribution >= 0.6 is 11.8 Å². The van der Waals surface area contributed by atoms with Crippen molar-refractivity contribution in [2.24, 2.45) is 13.0 Å². The van der Waals surface area contributed by atoms with E-state index in [1.165, 1.54) is 12.8 Å².